The van der Waals surface area contributed by atoms with E-state index >= 15 is 4.39 Å². The van der Waals surface area contributed by atoms with Crippen LogP contribution in [-0.4, -0.2) is 47.0 Å². The molecule has 2 heterocycles. The molecule has 0 saturated carbocycles. The van der Waals surface area contributed by atoms with Crippen molar-refractivity contribution in [1.29, 1.82) is 0 Å². The van der Waals surface area contributed by atoms with Crippen molar-refractivity contribution in [2.45, 2.75) is 0 Å². The third kappa shape index (κ3) is 5.04. The molecule has 0 saturated heterocycles. The Morgan fingerprint density at radius 2 is 1.85 bits per heavy atom. The van der Waals surface area contributed by atoms with Gasteiger partial charge in [0.05, 0.1) is 10.6 Å². The van der Waals surface area contributed by atoms with Gasteiger partial charge in [0, 0.05) is 6.07 Å². The predicted octanol–water partition coefficient (Wildman–Crippen LogP) is 4.27. The van der Waals surface area contributed by atoms with Crippen LogP contribution in [0.15, 0.2) is 59.1 Å². The Kier molecular flexibility index (Phi) is 6.69. The van der Waals surface area contributed by atoms with E-state index < -0.39 is 17.6 Å². The molecule has 33 heavy (non-hydrogen) atoms. The number of ether oxygens (including phenoxy) is 3. The van der Waals surface area contributed by atoms with Crippen LogP contribution in [0.3, 0.4) is 0 Å². The van der Waals surface area contributed by atoms with Gasteiger partial charge in [-0.3, -0.25) is 0 Å². The molecule has 3 aromatic rings. The van der Waals surface area contributed by atoms with Gasteiger partial charge in [-0.2, -0.15) is 14.4 Å². The van der Waals surface area contributed by atoms with E-state index in [-0.39, 0.29) is 40.5 Å². The number of para-hydroxylation sites is 1. The number of aromatic nitrogens is 2. The fourth-order valence-electron chi connectivity index (χ4n) is 2.73. The van der Waals surface area contributed by atoms with Crippen molar-refractivity contribution in [3.63, 3.8) is 0 Å². The average molecular weight is 475 g/mol. The maximum absolute atomic E-state index is 15.1. The number of phenols is 1. The highest BCUT2D eigenvalue weighted by Gasteiger charge is 2.24. The number of oxime groups is 2. The Morgan fingerprint density at radius 1 is 1.09 bits per heavy atom. The molecule has 1 aromatic heterocycles. The molecule has 1 aliphatic heterocycles. The van der Waals surface area contributed by atoms with Crippen LogP contribution < -0.4 is 9.47 Å². The summed E-state index contributed by atoms with van der Waals surface area (Å²) < 4.78 is 31.7. The molecule has 170 valence electrons. The monoisotopic (exact) mass is 474 g/mol. The standard InChI is InChI=1S/C21H16ClFN4O6/c1-29-26-18(21-27-31-9-8-30-21)13-4-2-3-5-15(13)32-19-17(23)20(25-11-24-19)33-16-7-6-12(28)10-14(16)22/h2-7,10-11,28H,8-9H2,1H3/b26-18-. The molecule has 0 spiro atoms. The fourth-order valence-corrected chi connectivity index (χ4v) is 2.94. The second kappa shape index (κ2) is 10.0. The van der Waals surface area contributed by atoms with E-state index in [0.717, 1.165) is 6.33 Å². The zero-order valence-corrected chi connectivity index (χ0v) is 17.8. The first kappa shape index (κ1) is 22.1. The molecule has 10 nitrogen and oxygen atoms in total. The van der Waals surface area contributed by atoms with Crippen LogP contribution in [0.1, 0.15) is 5.56 Å². The smallest absolute Gasteiger partial charge is 0.280 e. The van der Waals surface area contributed by atoms with Crippen LogP contribution in [0.2, 0.25) is 5.02 Å². The third-order valence-corrected chi connectivity index (χ3v) is 4.44. The van der Waals surface area contributed by atoms with Crippen molar-refractivity contribution in [1.82, 2.24) is 9.97 Å². The molecular weight excluding hydrogens is 459 g/mol. The molecule has 0 aliphatic carbocycles. The summed E-state index contributed by atoms with van der Waals surface area (Å²) in [4.78, 5) is 17.6. The Morgan fingerprint density at radius 3 is 2.55 bits per heavy atom. The number of phenolic OH excluding ortho intramolecular Hbond substituents is 1. The van der Waals surface area contributed by atoms with E-state index in [1.165, 1.54) is 25.3 Å². The van der Waals surface area contributed by atoms with Crippen molar-refractivity contribution in [2.24, 2.45) is 10.3 Å². The zero-order chi connectivity index (χ0) is 23.2. The van der Waals surface area contributed by atoms with Gasteiger partial charge in [-0.25, -0.2) is 0 Å². The van der Waals surface area contributed by atoms with Gasteiger partial charge in [0.15, 0.2) is 12.3 Å². The van der Waals surface area contributed by atoms with E-state index in [2.05, 4.69) is 20.3 Å². The topological polar surface area (TPSA) is 117 Å². The fraction of sp³-hybridized carbons (Fsp3) is 0.143. The summed E-state index contributed by atoms with van der Waals surface area (Å²) in [6.45, 7) is 0.563. The van der Waals surface area contributed by atoms with E-state index in [0.29, 0.717) is 12.2 Å². The first-order valence-corrected chi connectivity index (χ1v) is 9.83. The molecule has 0 amide bonds. The van der Waals surface area contributed by atoms with Crippen molar-refractivity contribution in [3.05, 3.63) is 65.2 Å². The first-order chi connectivity index (χ1) is 16.1. The highest BCUT2D eigenvalue weighted by Crippen LogP contribution is 2.35. The molecular formula is C21H16ClFN4O6. The van der Waals surface area contributed by atoms with Gasteiger partial charge >= 0.3 is 0 Å². The van der Waals surface area contributed by atoms with E-state index in [4.69, 9.17) is 35.5 Å². The molecule has 0 bridgehead atoms. The number of rotatable bonds is 7. The maximum Gasteiger partial charge on any atom is 0.280 e. The van der Waals surface area contributed by atoms with E-state index in [1.54, 1.807) is 24.3 Å². The number of hydrogen-bond acceptors (Lipinski definition) is 10. The molecule has 1 aliphatic rings. The lowest BCUT2D eigenvalue weighted by Crippen LogP contribution is -2.25. The summed E-state index contributed by atoms with van der Waals surface area (Å²) >= 11 is 6.02. The van der Waals surface area contributed by atoms with Gasteiger partial charge in [-0.1, -0.05) is 28.9 Å². The second-order valence-electron chi connectivity index (χ2n) is 6.31. The summed E-state index contributed by atoms with van der Waals surface area (Å²) in [5.74, 6) is -1.55. The van der Waals surface area contributed by atoms with E-state index in [9.17, 15) is 5.11 Å². The molecule has 0 unspecified atom stereocenters. The van der Waals surface area contributed by atoms with Crippen molar-refractivity contribution in [2.75, 3.05) is 20.3 Å². The average Bonchev–Trinajstić information content (AvgIpc) is 2.83. The minimum absolute atomic E-state index is 0.0664. The molecule has 1 N–H and O–H groups in total. The Hall–Kier alpha value is -4.12. The SMILES string of the molecule is CO/N=C(\C1=NOCCO1)c1ccccc1Oc1ncnc(Oc2ccc(O)cc2Cl)c1F. The summed E-state index contributed by atoms with van der Waals surface area (Å²) in [7, 11) is 1.36. The third-order valence-electron chi connectivity index (χ3n) is 4.14. The number of halogens is 2. The molecule has 0 radical (unpaired) electrons. The van der Waals surface area contributed by atoms with Gasteiger partial charge in [0.2, 0.25) is 5.82 Å². The molecule has 12 heteroatoms. The summed E-state index contributed by atoms with van der Waals surface area (Å²) in [5, 5.41) is 17.3. The van der Waals surface area contributed by atoms with Gasteiger partial charge in [-0.15, -0.1) is 0 Å². The van der Waals surface area contributed by atoms with Crippen LogP contribution in [0, 0.1) is 5.82 Å². The summed E-state index contributed by atoms with van der Waals surface area (Å²) in [6, 6.07) is 10.6. The Labute approximate surface area is 191 Å². The van der Waals surface area contributed by atoms with E-state index in [1.807, 2.05) is 0 Å². The Balaban J connectivity index is 1.66. The highest BCUT2D eigenvalue weighted by molar-refractivity contribution is 6.45. The molecule has 0 fully saturated rings. The Bertz CT molecular complexity index is 1220. The van der Waals surface area contributed by atoms with Crippen LogP contribution >= 0.6 is 11.6 Å². The van der Waals surface area contributed by atoms with Crippen molar-refractivity contribution >= 4 is 23.2 Å². The highest BCUT2D eigenvalue weighted by atomic mass is 35.5. The number of nitrogens with zero attached hydrogens (tertiary/aromatic N) is 4. The minimum Gasteiger partial charge on any atom is -0.508 e. The maximum atomic E-state index is 15.1. The lowest BCUT2D eigenvalue weighted by Gasteiger charge is -2.17. The molecule has 0 atom stereocenters. The van der Waals surface area contributed by atoms with Gasteiger partial charge in [-0.05, 0) is 29.4 Å². The number of hydrogen-bond donors (Lipinski definition) is 1. The van der Waals surface area contributed by atoms with Gasteiger partial charge < -0.3 is 29.0 Å². The van der Waals surface area contributed by atoms with Crippen molar-refractivity contribution < 1.29 is 33.4 Å². The number of aromatic hydroxyl groups is 1. The zero-order valence-electron chi connectivity index (χ0n) is 17.1. The van der Waals surface area contributed by atoms with Gasteiger partial charge in [0.1, 0.15) is 37.3 Å². The van der Waals surface area contributed by atoms with Crippen molar-refractivity contribution in [3.8, 4) is 29.0 Å². The van der Waals surface area contributed by atoms with Crippen LogP contribution in [-0.2, 0) is 14.4 Å². The lowest BCUT2D eigenvalue weighted by atomic mass is 10.1. The second-order valence-corrected chi connectivity index (χ2v) is 6.72. The summed E-state index contributed by atoms with van der Waals surface area (Å²) in [6.07, 6.45) is 1.07. The first-order valence-electron chi connectivity index (χ1n) is 9.45. The summed E-state index contributed by atoms with van der Waals surface area (Å²) in [5.41, 5.74) is 0.556. The van der Waals surface area contributed by atoms with Gasteiger partial charge in [0.25, 0.3) is 17.7 Å². The largest absolute Gasteiger partial charge is 0.508 e. The van der Waals surface area contributed by atoms with Crippen LogP contribution in [0.5, 0.6) is 29.0 Å². The van der Waals surface area contributed by atoms with Crippen LogP contribution in [0.4, 0.5) is 4.39 Å². The molecule has 4 rings (SSSR count). The molecule has 2 aromatic carbocycles. The lowest BCUT2D eigenvalue weighted by molar-refractivity contribution is 0.0672. The number of benzene rings is 2. The normalized spacial score (nSPS) is 13.4. The quantitative estimate of drug-likeness (QED) is 0.398. The minimum atomic E-state index is -0.976. The van der Waals surface area contributed by atoms with Crippen LogP contribution in [0.25, 0.3) is 0 Å². The predicted molar refractivity (Wildman–Crippen MR) is 115 cm³/mol.